The molecule has 0 unspecified atom stereocenters. The van der Waals surface area contributed by atoms with Crippen molar-refractivity contribution < 1.29 is 22.8 Å². The Morgan fingerprint density at radius 1 is 1.25 bits per heavy atom. The van der Waals surface area contributed by atoms with Crippen molar-refractivity contribution >= 4 is 35.1 Å². The van der Waals surface area contributed by atoms with Gasteiger partial charge < -0.3 is 14.3 Å². The van der Waals surface area contributed by atoms with Crippen LogP contribution in [-0.2, 0) is 29.0 Å². The molecule has 190 valence electrons. The maximum absolute atomic E-state index is 13.1. The van der Waals surface area contributed by atoms with E-state index in [0.29, 0.717) is 48.9 Å². The molecule has 0 aliphatic carbocycles. The number of thiazole rings is 1. The lowest BCUT2D eigenvalue weighted by molar-refractivity contribution is -0.139. The van der Waals surface area contributed by atoms with Crippen LogP contribution in [0.4, 0.5) is 13.2 Å². The Labute approximate surface area is 213 Å². The molecule has 0 radical (unpaired) electrons. The first-order chi connectivity index (χ1) is 17.2. The Kier molecular flexibility index (Phi) is 8.10. The fourth-order valence-corrected chi connectivity index (χ4v) is 5.03. The Balaban J connectivity index is 1.30. The summed E-state index contributed by atoms with van der Waals surface area (Å²) >= 11 is 7.25. The molecule has 12 heteroatoms. The van der Waals surface area contributed by atoms with Crippen molar-refractivity contribution in [2.24, 2.45) is 5.16 Å². The highest BCUT2D eigenvalue weighted by Crippen LogP contribution is 2.31. The third kappa shape index (κ3) is 6.52. The Bertz CT molecular complexity index is 1290. The fraction of sp³-hybridized carbons (Fsp3) is 0.333. The summed E-state index contributed by atoms with van der Waals surface area (Å²) in [5.74, 6) is -0.286. The molecule has 1 aliphatic rings. The van der Waals surface area contributed by atoms with Gasteiger partial charge in [0.25, 0.3) is 5.56 Å². The number of hydrogen-bond donors (Lipinski definition) is 0. The van der Waals surface area contributed by atoms with Gasteiger partial charge in [0.05, 0.1) is 21.9 Å². The minimum absolute atomic E-state index is 0.150. The van der Waals surface area contributed by atoms with Gasteiger partial charge in [-0.1, -0.05) is 47.1 Å². The predicted octanol–water partition coefficient (Wildman–Crippen LogP) is 4.93. The van der Waals surface area contributed by atoms with E-state index in [-0.39, 0.29) is 10.9 Å². The molecule has 1 aromatic carbocycles. The summed E-state index contributed by atoms with van der Waals surface area (Å²) < 4.78 is 39.9. The van der Waals surface area contributed by atoms with Crippen LogP contribution in [0.25, 0.3) is 0 Å². The zero-order chi connectivity index (χ0) is 25.7. The van der Waals surface area contributed by atoms with E-state index in [1.165, 1.54) is 11.3 Å². The molecular weight excluding hydrogens is 517 g/mol. The van der Waals surface area contributed by atoms with E-state index in [9.17, 15) is 22.8 Å². The van der Waals surface area contributed by atoms with Gasteiger partial charge in [-0.3, -0.25) is 9.59 Å². The number of aromatic nitrogens is 2. The molecule has 36 heavy (non-hydrogen) atoms. The number of oxime groups is 1. The molecule has 0 N–H and O–H groups in total. The summed E-state index contributed by atoms with van der Waals surface area (Å²) in [7, 11) is 0. The highest BCUT2D eigenvalue weighted by Gasteiger charge is 2.35. The summed E-state index contributed by atoms with van der Waals surface area (Å²) in [6.45, 7) is 0.676. The highest BCUT2D eigenvalue weighted by atomic mass is 35.5. The molecule has 1 aliphatic heterocycles. The molecule has 4 rings (SSSR count). The second kappa shape index (κ2) is 11.3. The van der Waals surface area contributed by atoms with Crippen LogP contribution in [0.3, 0.4) is 0 Å². The van der Waals surface area contributed by atoms with Crippen molar-refractivity contribution in [1.82, 2.24) is 14.5 Å². The van der Waals surface area contributed by atoms with E-state index in [1.54, 1.807) is 11.1 Å². The largest absolute Gasteiger partial charge is 0.421 e. The molecule has 1 saturated heterocycles. The molecule has 0 saturated carbocycles. The fourth-order valence-electron chi connectivity index (χ4n) is 3.87. The zero-order valence-electron chi connectivity index (χ0n) is 18.9. The highest BCUT2D eigenvalue weighted by molar-refractivity contribution is 7.09. The van der Waals surface area contributed by atoms with Crippen molar-refractivity contribution in [3.63, 3.8) is 0 Å². The van der Waals surface area contributed by atoms with E-state index in [2.05, 4.69) is 10.1 Å². The molecule has 3 heterocycles. The number of nitrogens with zero attached hydrogens (tertiary/aromatic N) is 4. The topological polar surface area (TPSA) is 76.8 Å². The smallest absolute Gasteiger partial charge is 0.391 e. The lowest BCUT2D eigenvalue weighted by Gasteiger charge is -2.31. The number of carbonyl (C=O) groups excluding carboxylic acids is 1. The molecule has 1 amide bonds. The maximum Gasteiger partial charge on any atom is 0.421 e. The number of rotatable bonds is 7. The molecule has 0 atom stereocenters. The summed E-state index contributed by atoms with van der Waals surface area (Å²) in [5, 5.41) is 6.51. The molecular formula is C24H22ClF3N4O3S. The number of halogens is 4. The first kappa shape index (κ1) is 25.9. The van der Waals surface area contributed by atoms with Crippen LogP contribution in [-0.4, -0.2) is 39.7 Å². The molecule has 2 aromatic heterocycles. The average Bonchev–Trinajstić information content (AvgIpc) is 3.33. The number of alkyl halides is 3. The monoisotopic (exact) mass is 538 g/mol. The van der Waals surface area contributed by atoms with Crippen LogP contribution in [0.15, 0.2) is 57.9 Å². The number of hydrogen-bond acceptors (Lipinski definition) is 6. The van der Waals surface area contributed by atoms with Crippen molar-refractivity contribution in [2.75, 3.05) is 13.1 Å². The number of pyridine rings is 1. The van der Waals surface area contributed by atoms with Gasteiger partial charge in [-0.15, -0.1) is 11.3 Å². The first-order valence-electron chi connectivity index (χ1n) is 11.1. The van der Waals surface area contributed by atoms with Crippen molar-refractivity contribution in [3.05, 3.63) is 85.2 Å². The molecule has 0 bridgehead atoms. The quantitative estimate of drug-likeness (QED) is 0.315. The molecule has 7 nitrogen and oxygen atoms in total. The normalized spacial score (nSPS) is 14.9. The number of carbonyl (C=O) groups is 1. The van der Waals surface area contributed by atoms with Crippen LogP contribution in [0, 0.1) is 0 Å². The van der Waals surface area contributed by atoms with E-state index >= 15 is 0 Å². The standard InChI is InChI=1S/C24H22ClF3N4O3S/c25-18-10-20(24(26,27)28)23(34)32(12-18)13-21(33)31-8-6-17(7-9-31)22-30-19(15-36-22)11-29-35-14-16-4-2-1-3-5-16/h1-5,10-12,15,17H,6-9,13-14H2. The van der Waals surface area contributed by atoms with Gasteiger partial charge in [-0.05, 0) is 24.5 Å². The Hall–Kier alpha value is -3.18. The van der Waals surface area contributed by atoms with Crippen molar-refractivity contribution in [2.45, 2.75) is 38.1 Å². The van der Waals surface area contributed by atoms with E-state index < -0.39 is 29.8 Å². The minimum Gasteiger partial charge on any atom is -0.391 e. The summed E-state index contributed by atoms with van der Waals surface area (Å²) in [4.78, 5) is 36.3. The Morgan fingerprint density at radius 3 is 2.67 bits per heavy atom. The number of likely N-dealkylation sites (tertiary alicyclic amines) is 1. The summed E-state index contributed by atoms with van der Waals surface area (Å²) in [6, 6.07) is 10.2. The number of piperidine rings is 1. The van der Waals surface area contributed by atoms with Gasteiger partial charge in [0, 0.05) is 30.6 Å². The first-order valence-corrected chi connectivity index (χ1v) is 12.4. The summed E-state index contributed by atoms with van der Waals surface area (Å²) in [5.41, 5.74) is -0.992. The van der Waals surface area contributed by atoms with Gasteiger partial charge in [0.2, 0.25) is 5.91 Å². The maximum atomic E-state index is 13.1. The third-order valence-electron chi connectivity index (χ3n) is 5.73. The van der Waals surface area contributed by atoms with Crippen LogP contribution >= 0.6 is 22.9 Å². The van der Waals surface area contributed by atoms with Crippen LogP contribution in [0.2, 0.25) is 5.02 Å². The van der Waals surface area contributed by atoms with Crippen LogP contribution < -0.4 is 5.56 Å². The van der Waals surface area contributed by atoms with Gasteiger partial charge >= 0.3 is 6.18 Å². The second-order valence-electron chi connectivity index (χ2n) is 8.26. The van der Waals surface area contributed by atoms with Crippen LogP contribution in [0.5, 0.6) is 0 Å². The van der Waals surface area contributed by atoms with Gasteiger partial charge in [-0.25, -0.2) is 4.98 Å². The minimum atomic E-state index is -4.85. The third-order valence-corrected chi connectivity index (χ3v) is 6.97. The van der Waals surface area contributed by atoms with E-state index in [1.807, 2.05) is 35.7 Å². The van der Waals surface area contributed by atoms with Gasteiger partial charge in [0.1, 0.15) is 18.7 Å². The zero-order valence-corrected chi connectivity index (χ0v) is 20.5. The predicted molar refractivity (Wildman–Crippen MR) is 130 cm³/mol. The molecule has 1 fully saturated rings. The number of amides is 1. The van der Waals surface area contributed by atoms with Crippen molar-refractivity contribution in [3.8, 4) is 0 Å². The van der Waals surface area contributed by atoms with Crippen LogP contribution in [0.1, 0.15) is 40.6 Å². The van der Waals surface area contributed by atoms with Crippen molar-refractivity contribution in [1.29, 1.82) is 0 Å². The molecule has 0 spiro atoms. The number of benzene rings is 1. The Morgan fingerprint density at radius 2 is 1.97 bits per heavy atom. The van der Waals surface area contributed by atoms with E-state index in [0.717, 1.165) is 16.8 Å². The average molecular weight is 539 g/mol. The second-order valence-corrected chi connectivity index (χ2v) is 9.59. The van der Waals surface area contributed by atoms with E-state index in [4.69, 9.17) is 16.4 Å². The lowest BCUT2D eigenvalue weighted by Crippen LogP contribution is -2.41. The molecule has 3 aromatic rings. The lowest BCUT2D eigenvalue weighted by atomic mass is 9.97. The van der Waals surface area contributed by atoms with Gasteiger partial charge in [0.15, 0.2) is 0 Å². The van der Waals surface area contributed by atoms with Gasteiger partial charge in [-0.2, -0.15) is 13.2 Å². The summed E-state index contributed by atoms with van der Waals surface area (Å²) in [6.07, 6.45) is -0.945. The SMILES string of the molecule is O=C(Cn1cc(Cl)cc(C(F)(F)F)c1=O)N1CCC(c2nc(C=NOCc3ccccc3)cs2)CC1.